The third-order valence-corrected chi connectivity index (χ3v) is 4.61. The van der Waals surface area contributed by atoms with Crippen molar-refractivity contribution in [1.82, 2.24) is 10.3 Å². The lowest BCUT2D eigenvalue weighted by molar-refractivity contribution is 0.413. The molecule has 0 amide bonds. The van der Waals surface area contributed by atoms with Crippen LogP contribution in [0.5, 0.6) is 5.75 Å². The van der Waals surface area contributed by atoms with Crippen LogP contribution in [0, 0.1) is 11.3 Å². The number of thiazole rings is 1. The van der Waals surface area contributed by atoms with E-state index in [1.807, 2.05) is 24.4 Å². The van der Waals surface area contributed by atoms with E-state index in [2.05, 4.69) is 30.2 Å². The SMILES string of the molecule is CCc1cnc(C(C)NCc2ccc(OC)c(C#N)c2)s1. The second kappa shape index (κ2) is 7.21. The first kappa shape index (κ1) is 15.5. The summed E-state index contributed by atoms with van der Waals surface area (Å²) in [6.07, 6.45) is 2.97. The number of nitriles is 1. The Morgan fingerprint density at radius 2 is 2.29 bits per heavy atom. The fourth-order valence-electron chi connectivity index (χ4n) is 2.00. The first-order valence-corrected chi connectivity index (χ1v) is 7.74. The van der Waals surface area contributed by atoms with Gasteiger partial charge in [0, 0.05) is 17.6 Å². The predicted molar refractivity (Wildman–Crippen MR) is 84.5 cm³/mol. The van der Waals surface area contributed by atoms with Gasteiger partial charge in [-0.2, -0.15) is 5.26 Å². The average molecular weight is 301 g/mol. The van der Waals surface area contributed by atoms with Crippen molar-refractivity contribution in [3.8, 4) is 11.8 Å². The van der Waals surface area contributed by atoms with Crippen LogP contribution in [0.25, 0.3) is 0 Å². The Morgan fingerprint density at radius 1 is 1.48 bits per heavy atom. The molecule has 0 saturated heterocycles. The maximum absolute atomic E-state index is 9.10. The van der Waals surface area contributed by atoms with E-state index in [0.717, 1.165) is 17.0 Å². The summed E-state index contributed by atoms with van der Waals surface area (Å²) in [5.74, 6) is 0.613. The van der Waals surface area contributed by atoms with Gasteiger partial charge in [0.25, 0.3) is 0 Å². The molecule has 0 aliphatic carbocycles. The van der Waals surface area contributed by atoms with Gasteiger partial charge in [0.05, 0.1) is 18.7 Å². The number of nitrogens with one attached hydrogen (secondary N) is 1. The van der Waals surface area contributed by atoms with E-state index >= 15 is 0 Å². The van der Waals surface area contributed by atoms with Crippen LogP contribution in [0.15, 0.2) is 24.4 Å². The molecule has 0 aliphatic heterocycles. The van der Waals surface area contributed by atoms with Crippen molar-refractivity contribution >= 4 is 11.3 Å². The maximum Gasteiger partial charge on any atom is 0.136 e. The number of benzene rings is 1. The summed E-state index contributed by atoms with van der Waals surface area (Å²) in [5.41, 5.74) is 1.62. The lowest BCUT2D eigenvalue weighted by Crippen LogP contribution is -2.17. The quantitative estimate of drug-likeness (QED) is 0.888. The lowest BCUT2D eigenvalue weighted by Gasteiger charge is -2.12. The summed E-state index contributed by atoms with van der Waals surface area (Å²) in [5, 5.41) is 13.6. The summed E-state index contributed by atoms with van der Waals surface area (Å²) in [6, 6.07) is 8.01. The number of aryl methyl sites for hydroxylation is 1. The topological polar surface area (TPSA) is 57.9 Å². The van der Waals surface area contributed by atoms with Crippen LogP contribution in [0.3, 0.4) is 0 Å². The molecule has 0 spiro atoms. The van der Waals surface area contributed by atoms with Gasteiger partial charge in [-0.05, 0) is 31.0 Å². The van der Waals surface area contributed by atoms with Crippen molar-refractivity contribution in [2.75, 3.05) is 7.11 Å². The molecule has 2 rings (SSSR count). The highest BCUT2D eigenvalue weighted by molar-refractivity contribution is 7.11. The van der Waals surface area contributed by atoms with Gasteiger partial charge in [0.15, 0.2) is 0 Å². The van der Waals surface area contributed by atoms with E-state index in [1.54, 1.807) is 18.4 Å². The Bertz CT molecular complexity index is 645. The van der Waals surface area contributed by atoms with Gasteiger partial charge in [-0.1, -0.05) is 13.0 Å². The smallest absolute Gasteiger partial charge is 0.136 e. The molecule has 1 atom stereocenters. The molecule has 21 heavy (non-hydrogen) atoms. The first-order valence-electron chi connectivity index (χ1n) is 6.93. The lowest BCUT2D eigenvalue weighted by atomic mass is 10.1. The highest BCUT2D eigenvalue weighted by Crippen LogP contribution is 2.22. The van der Waals surface area contributed by atoms with E-state index < -0.39 is 0 Å². The Balaban J connectivity index is 2.01. The summed E-state index contributed by atoms with van der Waals surface area (Å²) < 4.78 is 5.15. The predicted octanol–water partition coefficient (Wildman–Crippen LogP) is 3.44. The van der Waals surface area contributed by atoms with E-state index in [1.165, 1.54) is 4.88 Å². The third-order valence-electron chi connectivity index (χ3n) is 3.29. The molecule has 2 aromatic rings. The molecule has 0 fully saturated rings. The van der Waals surface area contributed by atoms with Crippen molar-refractivity contribution < 1.29 is 4.74 Å². The fraction of sp³-hybridized carbons (Fsp3) is 0.375. The van der Waals surface area contributed by atoms with E-state index in [-0.39, 0.29) is 6.04 Å². The molecule has 0 saturated carbocycles. The number of methoxy groups -OCH3 is 1. The van der Waals surface area contributed by atoms with Crippen molar-refractivity contribution in [2.45, 2.75) is 32.9 Å². The Labute approximate surface area is 129 Å². The van der Waals surface area contributed by atoms with Crippen molar-refractivity contribution in [2.24, 2.45) is 0 Å². The minimum absolute atomic E-state index is 0.197. The highest BCUT2D eigenvalue weighted by Gasteiger charge is 2.10. The maximum atomic E-state index is 9.10. The minimum Gasteiger partial charge on any atom is -0.495 e. The van der Waals surface area contributed by atoms with Crippen LogP contribution in [0.2, 0.25) is 0 Å². The number of rotatable bonds is 6. The van der Waals surface area contributed by atoms with Crippen LogP contribution in [0.4, 0.5) is 0 Å². The van der Waals surface area contributed by atoms with E-state index in [9.17, 15) is 0 Å². The number of hydrogen-bond donors (Lipinski definition) is 1. The molecule has 1 heterocycles. The van der Waals surface area contributed by atoms with Crippen LogP contribution in [-0.4, -0.2) is 12.1 Å². The zero-order valence-electron chi connectivity index (χ0n) is 12.5. The fourth-order valence-corrected chi connectivity index (χ4v) is 2.88. The van der Waals surface area contributed by atoms with Crippen molar-refractivity contribution in [1.29, 1.82) is 5.26 Å². The summed E-state index contributed by atoms with van der Waals surface area (Å²) in [7, 11) is 1.57. The van der Waals surface area contributed by atoms with Gasteiger partial charge in [-0.25, -0.2) is 4.98 Å². The van der Waals surface area contributed by atoms with Crippen LogP contribution >= 0.6 is 11.3 Å². The summed E-state index contributed by atoms with van der Waals surface area (Å²) >= 11 is 1.74. The van der Waals surface area contributed by atoms with E-state index in [4.69, 9.17) is 10.00 Å². The second-order valence-electron chi connectivity index (χ2n) is 4.77. The molecular formula is C16H19N3OS. The molecule has 0 radical (unpaired) electrons. The van der Waals surface area contributed by atoms with Gasteiger partial charge in [0.1, 0.15) is 16.8 Å². The Hall–Kier alpha value is -1.90. The molecule has 110 valence electrons. The average Bonchev–Trinajstić information content (AvgIpc) is 3.01. The molecule has 1 aromatic heterocycles. The molecule has 1 N–H and O–H groups in total. The van der Waals surface area contributed by atoms with Gasteiger partial charge in [-0.3, -0.25) is 0 Å². The highest BCUT2D eigenvalue weighted by atomic mass is 32.1. The monoisotopic (exact) mass is 301 g/mol. The molecule has 1 aromatic carbocycles. The van der Waals surface area contributed by atoms with Gasteiger partial charge >= 0.3 is 0 Å². The Morgan fingerprint density at radius 3 is 2.90 bits per heavy atom. The molecule has 0 aliphatic rings. The summed E-state index contributed by atoms with van der Waals surface area (Å²) in [4.78, 5) is 5.74. The molecule has 5 heteroatoms. The number of hydrogen-bond acceptors (Lipinski definition) is 5. The van der Waals surface area contributed by atoms with Crippen molar-refractivity contribution in [3.05, 3.63) is 45.4 Å². The van der Waals surface area contributed by atoms with Crippen molar-refractivity contribution in [3.63, 3.8) is 0 Å². The zero-order chi connectivity index (χ0) is 15.2. The van der Waals surface area contributed by atoms with Crippen LogP contribution in [-0.2, 0) is 13.0 Å². The molecule has 4 nitrogen and oxygen atoms in total. The van der Waals surface area contributed by atoms with Crippen LogP contribution < -0.4 is 10.1 Å². The largest absolute Gasteiger partial charge is 0.495 e. The normalized spacial score (nSPS) is 11.9. The minimum atomic E-state index is 0.197. The van der Waals surface area contributed by atoms with Gasteiger partial charge in [-0.15, -0.1) is 11.3 Å². The standard InChI is InChI=1S/C16H19N3OS/c1-4-14-10-19-16(21-14)11(2)18-9-12-5-6-15(20-3)13(7-12)8-17/h5-7,10-11,18H,4,9H2,1-3H3. The number of aromatic nitrogens is 1. The molecular weight excluding hydrogens is 282 g/mol. The Kier molecular flexibility index (Phi) is 5.32. The number of ether oxygens (including phenoxy) is 1. The van der Waals surface area contributed by atoms with Gasteiger partial charge in [0.2, 0.25) is 0 Å². The molecule has 1 unspecified atom stereocenters. The van der Waals surface area contributed by atoms with Crippen LogP contribution in [0.1, 0.15) is 40.9 Å². The second-order valence-corrected chi connectivity index (χ2v) is 5.91. The molecule has 0 bridgehead atoms. The number of nitrogens with zero attached hydrogens (tertiary/aromatic N) is 2. The third kappa shape index (κ3) is 3.81. The summed E-state index contributed by atoms with van der Waals surface area (Å²) in [6.45, 7) is 4.93. The van der Waals surface area contributed by atoms with Gasteiger partial charge < -0.3 is 10.1 Å². The first-order chi connectivity index (χ1) is 10.2. The van der Waals surface area contributed by atoms with E-state index in [0.29, 0.717) is 17.9 Å². The zero-order valence-corrected chi connectivity index (χ0v) is 13.3.